The third kappa shape index (κ3) is 6.12. The number of nitrogens with one attached hydrogen (secondary N) is 2. The number of rotatable bonds is 8. The second-order valence-corrected chi connectivity index (χ2v) is 9.37. The molecule has 0 unspecified atom stereocenters. The lowest BCUT2D eigenvalue weighted by Gasteiger charge is -2.33. The van der Waals surface area contributed by atoms with Crippen LogP contribution >= 0.6 is 0 Å². The maximum absolute atomic E-state index is 13.1. The van der Waals surface area contributed by atoms with Crippen LogP contribution in [0.3, 0.4) is 0 Å². The van der Waals surface area contributed by atoms with Crippen molar-refractivity contribution >= 4 is 23.2 Å². The van der Waals surface area contributed by atoms with Crippen molar-refractivity contribution in [3.63, 3.8) is 0 Å². The van der Waals surface area contributed by atoms with Gasteiger partial charge in [0.1, 0.15) is 0 Å². The molecule has 1 aliphatic heterocycles. The Morgan fingerprint density at radius 3 is 2.38 bits per heavy atom. The SMILES string of the molecule is CC[C@H](C(=O)Nc1ccc(N2CCC(C)CC2)c(C(=O)NCC(C)C)c1)c1ccccc1. The highest BCUT2D eigenvalue weighted by molar-refractivity contribution is 6.02. The quantitative estimate of drug-likeness (QED) is 0.580. The highest BCUT2D eigenvalue weighted by atomic mass is 16.2. The highest BCUT2D eigenvalue weighted by Crippen LogP contribution is 2.30. The molecular weight excluding hydrogens is 398 g/mol. The summed E-state index contributed by atoms with van der Waals surface area (Å²) < 4.78 is 0. The molecule has 0 aromatic heterocycles. The van der Waals surface area contributed by atoms with E-state index in [0.717, 1.165) is 37.2 Å². The van der Waals surface area contributed by atoms with Crippen molar-refractivity contribution in [3.8, 4) is 0 Å². The second kappa shape index (κ2) is 11.2. The number of carbonyl (C=O) groups excluding carboxylic acids is 2. The number of piperidine rings is 1. The predicted molar refractivity (Wildman–Crippen MR) is 132 cm³/mol. The monoisotopic (exact) mass is 435 g/mol. The van der Waals surface area contributed by atoms with Gasteiger partial charge in [0.25, 0.3) is 5.91 Å². The minimum Gasteiger partial charge on any atom is -0.371 e. The summed E-state index contributed by atoms with van der Waals surface area (Å²) in [7, 11) is 0. The van der Waals surface area contributed by atoms with Gasteiger partial charge >= 0.3 is 0 Å². The van der Waals surface area contributed by atoms with Gasteiger partial charge in [-0.25, -0.2) is 0 Å². The number of hydrogen-bond donors (Lipinski definition) is 2. The van der Waals surface area contributed by atoms with Crippen molar-refractivity contribution in [2.45, 2.75) is 52.9 Å². The summed E-state index contributed by atoms with van der Waals surface area (Å²) in [5, 5.41) is 6.10. The fourth-order valence-corrected chi connectivity index (χ4v) is 4.20. The van der Waals surface area contributed by atoms with E-state index in [1.54, 1.807) is 0 Å². The summed E-state index contributed by atoms with van der Waals surface area (Å²) in [5.41, 5.74) is 3.24. The molecule has 0 saturated carbocycles. The molecule has 1 aliphatic rings. The molecule has 2 N–H and O–H groups in total. The third-order valence-corrected chi connectivity index (χ3v) is 6.23. The standard InChI is InChI=1S/C27H37N3O2/c1-5-23(21-9-7-6-8-10-21)27(32)29-22-11-12-25(30-15-13-20(4)14-16-30)24(17-22)26(31)28-18-19(2)3/h6-12,17,19-20,23H,5,13-16,18H2,1-4H3,(H,28,31)(H,29,32)/t23-/m0/s1. The Kier molecular flexibility index (Phi) is 8.32. The first-order valence-electron chi connectivity index (χ1n) is 11.9. The Morgan fingerprint density at radius 1 is 1.06 bits per heavy atom. The van der Waals surface area contributed by atoms with Crippen molar-refractivity contribution in [3.05, 3.63) is 59.7 Å². The number of carbonyl (C=O) groups is 2. The van der Waals surface area contributed by atoms with E-state index in [-0.39, 0.29) is 17.7 Å². The molecule has 32 heavy (non-hydrogen) atoms. The molecule has 2 amide bonds. The lowest BCUT2D eigenvalue weighted by molar-refractivity contribution is -0.117. The lowest BCUT2D eigenvalue weighted by Crippen LogP contribution is -2.35. The second-order valence-electron chi connectivity index (χ2n) is 9.37. The summed E-state index contributed by atoms with van der Waals surface area (Å²) in [4.78, 5) is 28.4. The van der Waals surface area contributed by atoms with Gasteiger partial charge < -0.3 is 15.5 Å². The Balaban J connectivity index is 1.84. The van der Waals surface area contributed by atoms with E-state index in [4.69, 9.17) is 0 Å². The first kappa shape index (κ1) is 23.8. The summed E-state index contributed by atoms with van der Waals surface area (Å²) in [6.07, 6.45) is 2.96. The fourth-order valence-electron chi connectivity index (χ4n) is 4.20. The van der Waals surface area contributed by atoms with E-state index in [2.05, 4.69) is 36.3 Å². The molecule has 5 nitrogen and oxygen atoms in total. The molecule has 0 spiro atoms. The van der Waals surface area contributed by atoms with Gasteiger partial charge in [0.2, 0.25) is 5.91 Å². The van der Waals surface area contributed by atoms with Crippen molar-refractivity contribution in [1.29, 1.82) is 0 Å². The van der Waals surface area contributed by atoms with E-state index in [1.807, 2.05) is 55.5 Å². The highest BCUT2D eigenvalue weighted by Gasteiger charge is 2.23. The minimum atomic E-state index is -0.224. The summed E-state index contributed by atoms with van der Waals surface area (Å²) >= 11 is 0. The van der Waals surface area contributed by atoms with Crippen molar-refractivity contribution in [2.24, 2.45) is 11.8 Å². The molecule has 0 aliphatic carbocycles. The van der Waals surface area contributed by atoms with Crippen LogP contribution in [0.15, 0.2) is 48.5 Å². The Labute approximate surface area is 192 Å². The van der Waals surface area contributed by atoms with Crippen LogP contribution in [0.1, 0.15) is 68.8 Å². The number of anilines is 2. The van der Waals surface area contributed by atoms with E-state index in [9.17, 15) is 9.59 Å². The van der Waals surface area contributed by atoms with Crippen LogP contribution < -0.4 is 15.5 Å². The third-order valence-electron chi connectivity index (χ3n) is 6.23. The van der Waals surface area contributed by atoms with Crippen molar-refractivity contribution in [1.82, 2.24) is 5.32 Å². The molecule has 1 fully saturated rings. The Hall–Kier alpha value is -2.82. The molecular formula is C27H37N3O2. The average Bonchev–Trinajstić information content (AvgIpc) is 2.79. The summed E-state index contributed by atoms with van der Waals surface area (Å²) in [6.45, 7) is 11.0. The van der Waals surface area contributed by atoms with Crippen LogP contribution in [0, 0.1) is 11.8 Å². The van der Waals surface area contributed by atoms with E-state index in [0.29, 0.717) is 36.1 Å². The number of benzene rings is 2. The van der Waals surface area contributed by atoms with Crippen LogP contribution in [0.5, 0.6) is 0 Å². The van der Waals surface area contributed by atoms with Gasteiger partial charge in [-0.3, -0.25) is 9.59 Å². The molecule has 3 rings (SSSR count). The molecule has 1 saturated heterocycles. The first-order valence-corrected chi connectivity index (χ1v) is 11.9. The summed E-state index contributed by atoms with van der Waals surface area (Å²) in [5.74, 6) is 0.729. The normalized spacial score (nSPS) is 15.5. The van der Waals surface area contributed by atoms with Crippen LogP contribution in [-0.2, 0) is 4.79 Å². The van der Waals surface area contributed by atoms with Crippen LogP contribution in [0.4, 0.5) is 11.4 Å². The maximum atomic E-state index is 13.1. The number of amides is 2. The number of nitrogens with zero attached hydrogens (tertiary/aromatic N) is 1. The Bertz CT molecular complexity index is 902. The molecule has 1 atom stereocenters. The lowest BCUT2D eigenvalue weighted by atomic mass is 9.95. The molecule has 2 aromatic carbocycles. The van der Waals surface area contributed by atoms with Crippen LogP contribution in [0.2, 0.25) is 0 Å². The zero-order valence-electron chi connectivity index (χ0n) is 19.9. The smallest absolute Gasteiger partial charge is 0.253 e. The average molecular weight is 436 g/mol. The van der Waals surface area contributed by atoms with Crippen LogP contribution in [0.25, 0.3) is 0 Å². The van der Waals surface area contributed by atoms with Gasteiger partial charge in [-0.2, -0.15) is 0 Å². The maximum Gasteiger partial charge on any atom is 0.253 e. The molecule has 172 valence electrons. The molecule has 0 bridgehead atoms. The molecule has 2 aromatic rings. The van der Waals surface area contributed by atoms with E-state index >= 15 is 0 Å². The van der Waals surface area contributed by atoms with Crippen molar-refractivity contribution < 1.29 is 9.59 Å². The van der Waals surface area contributed by atoms with Crippen LogP contribution in [-0.4, -0.2) is 31.4 Å². The van der Waals surface area contributed by atoms with Gasteiger partial charge in [-0.05, 0) is 54.9 Å². The molecule has 0 radical (unpaired) electrons. The Morgan fingerprint density at radius 2 is 1.75 bits per heavy atom. The minimum absolute atomic E-state index is 0.0493. The summed E-state index contributed by atoms with van der Waals surface area (Å²) in [6, 6.07) is 15.6. The zero-order chi connectivity index (χ0) is 23.1. The van der Waals surface area contributed by atoms with Gasteiger partial charge in [0.05, 0.1) is 11.5 Å². The van der Waals surface area contributed by atoms with Crippen molar-refractivity contribution in [2.75, 3.05) is 29.9 Å². The zero-order valence-corrected chi connectivity index (χ0v) is 19.9. The van der Waals surface area contributed by atoms with Gasteiger partial charge in [-0.15, -0.1) is 0 Å². The van der Waals surface area contributed by atoms with Gasteiger partial charge in [0.15, 0.2) is 0 Å². The largest absolute Gasteiger partial charge is 0.371 e. The topological polar surface area (TPSA) is 61.4 Å². The van der Waals surface area contributed by atoms with Gasteiger partial charge in [0, 0.05) is 31.0 Å². The fraction of sp³-hybridized carbons (Fsp3) is 0.481. The van der Waals surface area contributed by atoms with E-state index < -0.39 is 0 Å². The van der Waals surface area contributed by atoms with Gasteiger partial charge in [-0.1, -0.05) is 58.0 Å². The number of hydrogen-bond acceptors (Lipinski definition) is 3. The van der Waals surface area contributed by atoms with E-state index in [1.165, 1.54) is 0 Å². The first-order chi connectivity index (χ1) is 15.4. The molecule has 5 heteroatoms. The molecule has 1 heterocycles. The predicted octanol–water partition coefficient (Wildman–Crippen LogP) is 5.44.